The highest BCUT2D eigenvalue weighted by Crippen LogP contribution is 2.20. The van der Waals surface area contributed by atoms with Gasteiger partial charge in [-0.1, -0.05) is 27.7 Å². The van der Waals surface area contributed by atoms with Crippen LogP contribution < -0.4 is 5.32 Å². The van der Waals surface area contributed by atoms with Crippen LogP contribution in [-0.4, -0.2) is 81.7 Å². The molecule has 136 valence electrons. The molecule has 1 rings (SSSR count). The Hall–Kier alpha value is -0.930. The van der Waals surface area contributed by atoms with Gasteiger partial charge in [-0.05, 0) is 11.8 Å². The molecule has 23 heavy (non-hydrogen) atoms. The number of nitrogens with one attached hydrogen (secondary N) is 1. The van der Waals surface area contributed by atoms with Crippen molar-refractivity contribution in [3.8, 4) is 0 Å². The average Bonchev–Trinajstić information content (AvgIpc) is 2.46. The summed E-state index contributed by atoms with van der Waals surface area (Å²) in [4.78, 5) is 14.1. The minimum absolute atomic E-state index is 0.273. The fraction of sp³-hybridized carbons (Fsp3) is 0.933. The average molecular weight is 334 g/mol. The highest BCUT2D eigenvalue weighted by molar-refractivity contribution is 5.74. The van der Waals surface area contributed by atoms with Gasteiger partial charge in [-0.25, -0.2) is 4.79 Å². The lowest BCUT2D eigenvalue weighted by Gasteiger charge is -2.41. The monoisotopic (exact) mass is 334 g/mol. The van der Waals surface area contributed by atoms with Crippen LogP contribution in [0.1, 0.15) is 27.7 Å². The van der Waals surface area contributed by atoms with Crippen LogP contribution in [-0.2, 0) is 4.74 Å². The number of urea groups is 1. The molecule has 0 bridgehead atoms. The number of aliphatic hydroxyl groups excluding tert-OH is 4. The largest absolute Gasteiger partial charge is 0.394 e. The van der Waals surface area contributed by atoms with Crippen LogP contribution in [0.15, 0.2) is 0 Å². The molecule has 0 aromatic rings. The molecule has 5 atom stereocenters. The maximum absolute atomic E-state index is 12.4. The van der Waals surface area contributed by atoms with Crippen LogP contribution in [0.3, 0.4) is 0 Å². The van der Waals surface area contributed by atoms with Crippen LogP contribution >= 0.6 is 0 Å². The van der Waals surface area contributed by atoms with Crippen molar-refractivity contribution in [3.63, 3.8) is 0 Å². The van der Waals surface area contributed by atoms with Crippen LogP contribution in [0, 0.1) is 11.8 Å². The first kappa shape index (κ1) is 20.1. The fourth-order valence-electron chi connectivity index (χ4n) is 2.56. The Balaban J connectivity index is 2.75. The molecule has 0 saturated carbocycles. The summed E-state index contributed by atoms with van der Waals surface area (Å²) in [6.07, 6.45) is -6.65. The number of carbonyl (C=O) groups is 1. The van der Waals surface area contributed by atoms with E-state index in [0.29, 0.717) is 13.1 Å². The fourth-order valence-corrected chi connectivity index (χ4v) is 2.56. The van der Waals surface area contributed by atoms with Gasteiger partial charge >= 0.3 is 6.03 Å². The summed E-state index contributed by atoms with van der Waals surface area (Å²) in [6.45, 7) is 8.54. The van der Waals surface area contributed by atoms with Gasteiger partial charge in [-0.15, -0.1) is 0 Å². The topological polar surface area (TPSA) is 122 Å². The molecule has 0 radical (unpaired) electrons. The number of hydrogen-bond acceptors (Lipinski definition) is 6. The molecule has 2 amide bonds. The molecule has 1 aliphatic rings. The molecule has 5 N–H and O–H groups in total. The number of rotatable bonds is 6. The summed E-state index contributed by atoms with van der Waals surface area (Å²) in [6, 6.07) is -0.420. The third kappa shape index (κ3) is 5.58. The van der Waals surface area contributed by atoms with Crippen LogP contribution in [0.25, 0.3) is 0 Å². The van der Waals surface area contributed by atoms with Gasteiger partial charge < -0.3 is 35.4 Å². The van der Waals surface area contributed by atoms with E-state index in [0.717, 1.165) is 0 Å². The zero-order valence-electron chi connectivity index (χ0n) is 14.2. The zero-order valence-corrected chi connectivity index (χ0v) is 14.2. The Morgan fingerprint density at radius 3 is 2.00 bits per heavy atom. The summed E-state index contributed by atoms with van der Waals surface area (Å²) >= 11 is 0. The number of carbonyl (C=O) groups excluding carboxylic acids is 1. The van der Waals surface area contributed by atoms with Gasteiger partial charge in [0.2, 0.25) is 0 Å². The zero-order chi connectivity index (χ0) is 17.7. The van der Waals surface area contributed by atoms with Gasteiger partial charge in [0.05, 0.1) is 6.61 Å². The van der Waals surface area contributed by atoms with E-state index in [1.165, 1.54) is 0 Å². The van der Waals surface area contributed by atoms with Crippen molar-refractivity contribution in [2.24, 2.45) is 11.8 Å². The second-order valence-electron chi connectivity index (χ2n) is 6.89. The van der Waals surface area contributed by atoms with Crippen molar-refractivity contribution in [3.05, 3.63) is 0 Å². The third-order valence-electron chi connectivity index (χ3n) is 3.62. The van der Waals surface area contributed by atoms with Crippen LogP contribution in [0.2, 0.25) is 0 Å². The molecule has 1 aliphatic heterocycles. The number of ether oxygens (including phenoxy) is 1. The number of hydrogen-bond donors (Lipinski definition) is 5. The van der Waals surface area contributed by atoms with E-state index in [4.69, 9.17) is 9.84 Å². The van der Waals surface area contributed by atoms with E-state index in [1.54, 1.807) is 4.90 Å². The van der Waals surface area contributed by atoms with Crippen molar-refractivity contribution in [2.45, 2.75) is 58.3 Å². The summed E-state index contributed by atoms with van der Waals surface area (Å²) in [7, 11) is 0. The highest BCUT2D eigenvalue weighted by Gasteiger charge is 2.44. The summed E-state index contributed by atoms with van der Waals surface area (Å²) in [5, 5.41) is 41.1. The molecular weight excluding hydrogens is 304 g/mol. The van der Waals surface area contributed by atoms with E-state index in [1.807, 2.05) is 27.7 Å². The predicted molar refractivity (Wildman–Crippen MR) is 83.5 cm³/mol. The van der Waals surface area contributed by atoms with E-state index < -0.39 is 43.3 Å². The van der Waals surface area contributed by atoms with E-state index in [-0.39, 0.29) is 11.8 Å². The van der Waals surface area contributed by atoms with Gasteiger partial charge in [0.1, 0.15) is 24.4 Å². The quantitative estimate of drug-likeness (QED) is 0.429. The number of aliphatic hydroxyl groups is 4. The molecule has 0 unspecified atom stereocenters. The van der Waals surface area contributed by atoms with Gasteiger partial charge in [0.15, 0.2) is 6.23 Å². The smallest absolute Gasteiger partial charge is 0.319 e. The SMILES string of the molecule is CC(C)CN(CC(C)C)C(=O)N[C@@H]1O[C@H](CO)[C@@H](O)[C@H](O)[C@H]1O. The summed E-state index contributed by atoms with van der Waals surface area (Å²) < 4.78 is 5.29. The lowest BCUT2D eigenvalue weighted by atomic mass is 9.98. The molecule has 0 aliphatic carbocycles. The molecule has 8 nitrogen and oxygen atoms in total. The van der Waals surface area contributed by atoms with Gasteiger partial charge in [0.25, 0.3) is 0 Å². The molecule has 8 heteroatoms. The van der Waals surface area contributed by atoms with Gasteiger partial charge in [-0.2, -0.15) is 0 Å². The van der Waals surface area contributed by atoms with Crippen LogP contribution in [0.4, 0.5) is 4.79 Å². The lowest BCUT2D eigenvalue weighted by molar-refractivity contribution is -0.233. The maximum atomic E-state index is 12.4. The third-order valence-corrected chi connectivity index (χ3v) is 3.62. The van der Waals surface area contributed by atoms with E-state index in [2.05, 4.69) is 5.32 Å². The van der Waals surface area contributed by atoms with E-state index >= 15 is 0 Å². The second kappa shape index (κ2) is 8.79. The minimum atomic E-state index is -1.50. The molecule has 0 aromatic heterocycles. The van der Waals surface area contributed by atoms with Crippen molar-refractivity contribution in [1.82, 2.24) is 10.2 Å². The first-order valence-corrected chi connectivity index (χ1v) is 8.03. The predicted octanol–water partition coefficient (Wildman–Crippen LogP) is -0.890. The first-order valence-electron chi connectivity index (χ1n) is 8.03. The molecule has 1 heterocycles. The first-order chi connectivity index (χ1) is 10.7. The molecule has 1 fully saturated rings. The number of amides is 2. The van der Waals surface area contributed by atoms with Crippen LogP contribution in [0.5, 0.6) is 0 Å². The van der Waals surface area contributed by atoms with Gasteiger partial charge in [0, 0.05) is 13.1 Å². The van der Waals surface area contributed by atoms with Gasteiger partial charge in [-0.3, -0.25) is 0 Å². The Bertz CT molecular complexity index is 367. The minimum Gasteiger partial charge on any atom is -0.394 e. The molecule has 0 spiro atoms. The summed E-state index contributed by atoms with van der Waals surface area (Å²) in [5.74, 6) is 0.545. The van der Waals surface area contributed by atoms with Crippen molar-refractivity contribution < 1.29 is 30.0 Å². The Morgan fingerprint density at radius 2 is 1.57 bits per heavy atom. The Morgan fingerprint density at radius 1 is 1.04 bits per heavy atom. The standard InChI is InChI=1S/C15H30N2O6/c1-8(2)5-17(6-9(3)4)15(22)16-14-13(21)12(20)11(19)10(7-18)23-14/h8-14,18-21H,5-7H2,1-4H3,(H,16,22)/t10-,11-,12+,13-,14-/m1/s1. The van der Waals surface area contributed by atoms with Crippen molar-refractivity contribution >= 4 is 6.03 Å². The Kier molecular flexibility index (Phi) is 7.69. The second-order valence-corrected chi connectivity index (χ2v) is 6.89. The lowest BCUT2D eigenvalue weighted by Crippen LogP contribution is -2.64. The van der Waals surface area contributed by atoms with E-state index in [9.17, 15) is 20.1 Å². The normalized spacial score (nSPS) is 31.5. The maximum Gasteiger partial charge on any atom is 0.319 e. The van der Waals surface area contributed by atoms with Crippen molar-refractivity contribution in [2.75, 3.05) is 19.7 Å². The van der Waals surface area contributed by atoms with Crippen molar-refractivity contribution in [1.29, 1.82) is 0 Å². The molecular formula is C15H30N2O6. The summed E-state index contributed by atoms with van der Waals surface area (Å²) in [5.41, 5.74) is 0. The molecule has 0 aromatic carbocycles. The molecule has 1 saturated heterocycles. The highest BCUT2D eigenvalue weighted by atomic mass is 16.6. The number of nitrogens with zero attached hydrogens (tertiary/aromatic N) is 1. The Labute approximate surface area is 137 Å².